The minimum absolute atomic E-state index is 0.0200. The summed E-state index contributed by atoms with van der Waals surface area (Å²) in [6.07, 6.45) is 1.58. The fourth-order valence-corrected chi connectivity index (χ4v) is 2.00. The molecule has 1 aromatic carbocycles. The van der Waals surface area contributed by atoms with Crippen molar-refractivity contribution >= 4 is 23.0 Å². The summed E-state index contributed by atoms with van der Waals surface area (Å²) in [6, 6.07) is 3.67. The van der Waals surface area contributed by atoms with E-state index in [2.05, 4.69) is 10.6 Å². The maximum Gasteiger partial charge on any atom is 0.262 e. The molecule has 19 heavy (non-hydrogen) atoms. The van der Waals surface area contributed by atoms with E-state index in [1.807, 2.05) is 6.92 Å². The largest absolute Gasteiger partial charge is 0.482 e. The third-order valence-electron chi connectivity index (χ3n) is 2.98. The number of nitrogens with one attached hydrogen (secondary N) is 2. The Balaban J connectivity index is 2.12. The van der Waals surface area contributed by atoms with Gasteiger partial charge in [-0.05, 0) is 25.8 Å². The lowest BCUT2D eigenvalue weighted by atomic mass is 10.1. The molecule has 0 radical (unpaired) electrons. The first-order valence-corrected chi connectivity index (χ1v) is 6.33. The predicted octanol–water partition coefficient (Wildman–Crippen LogP) is 1.17. The quantitative estimate of drug-likeness (QED) is 0.599. The average Bonchev–Trinajstić information content (AvgIpc) is 2.38. The van der Waals surface area contributed by atoms with E-state index in [-0.39, 0.29) is 25.2 Å². The zero-order chi connectivity index (χ0) is 13.8. The van der Waals surface area contributed by atoms with E-state index < -0.39 is 0 Å². The van der Waals surface area contributed by atoms with Crippen molar-refractivity contribution in [3.05, 3.63) is 12.1 Å². The number of aliphatic hydroxyl groups is 1. The van der Waals surface area contributed by atoms with Crippen LogP contribution in [0.3, 0.4) is 0 Å². The Kier molecular flexibility index (Phi) is 4.11. The fourth-order valence-electron chi connectivity index (χ4n) is 2.00. The highest BCUT2D eigenvalue weighted by molar-refractivity contribution is 5.97. The number of hydrogen-bond acceptors (Lipinski definition) is 5. The highest BCUT2D eigenvalue weighted by Crippen LogP contribution is 2.35. The van der Waals surface area contributed by atoms with Crippen LogP contribution in [-0.4, -0.2) is 30.3 Å². The lowest BCUT2D eigenvalue weighted by Crippen LogP contribution is -2.26. The molecule has 5 N–H and O–H groups in total. The van der Waals surface area contributed by atoms with Crippen molar-refractivity contribution in [2.24, 2.45) is 0 Å². The van der Waals surface area contributed by atoms with Crippen LogP contribution in [0.15, 0.2) is 12.1 Å². The van der Waals surface area contributed by atoms with Crippen molar-refractivity contribution in [1.29, 1.82) is 0 Å². The van der Waals surface area contributed by atoms with Gasteiger partial charge < -0.3 is 26.2 Å². The van der Waals surface area contributed by atoms with E-state index in [0.717, 1.165) is 18.5 Å². The second-order valence-electron chi connectivity index (χ2n) is 4.68. The molecule has 1 amide bonds. The summed E-state index contributed by atoms with van der Waals surface area (Å²) >= 11 is 0. The molecule has 1 aromatic rings. The van der Waals surface area contributed by atoms with Crippen LogP contribution in [0.1, 0.15) is 19.8 Å². The van der Waals surface area contributed by atoms with E-state index in [9.17, 15) is 4.79 Å². The molecule has 6 nitrogen and oxygen atoms in total. The average molecular weight is 265 g/mol. The lowest BCUT2D eigenvalue weighted by molar-refractivity contribution is -0.118. The van der Waals surface area contributed by atoms with Crippen molar-refractivity contribution in [1.82, 2.24) is 0 Å². The minimum atomic E-state index is -0.170. The molecule has 0 aliphatic carbocycles. The predicted molar refractivity (Wildman–Crippen MR) is 74.4 cm³/mol. The van der Waals surface area contributed by atoms with Crippen molar-refractivity contribution in [2.75, 3.05) is 29.6 Å². The lowest BCUT2D eigenvalue weighted by Gasteiger charge is -2.22. The fraction of sp³-hybridized carbons (Fsp3) is 0.462. The number of nitrogen functional groups attached to an aromatic ring is 1. The summed E-state index contributed by atoms with van der Waals surface area (Å²) in [4.78, 5) is 11.3. The van der Waals surface area contributed by atoms with Gasteiger partial charge in [0.25, 0.3) is 5.91 Å². The van der Waals surface area contributed by atoms with E-state index in [4.69, 9.17) is 15.6 Å². The van der Waals surface area contributed by atoms with Gasteiger partial charge in [0, 0.05) is 18.7 Å². The van der Waals surface area contributed by atoms with Crippen LogP contribution in [0, 0.1) is 0 Å². The number of benzene rings is 1. The molecule has 0 fully saturated rings. The number of aliphatic hydroxyl groups excluding tert-OH is 1. The molecule has 0 saturated carbocycles. The molecule has 0 saturated heterocycles. The Morgan fingerprint density at radius 1 is 1.58 bits per heavy atom. The van der Waals surface area contributed by atoms with Crippen molar-refractivity contribution in [3.63, 3.8) is 0 Å². The monoisotopic (exact) mass is 265 g/mol. The van der Waals surface area contributed by atoms with Gasteiger partial charge in [-0.25, -0.2) is 0 Å². The molecule has 0 spiro atoms. The third-order valence-corrected chi connectivity index (χ3v) is 2.98. The number of fused-ring (bicyclic) bond motifs is 1. The van der Waals surface area contributed by atoms with E-state index in [1.54, 1.807) is 12.1 Å². The van der Waals surface area contributed by atoms with Crippen LogP contribution in [0.5, 0.6) is 5.75 Å². The van der Waals surface area contributed by atoms with E-state index in [0.29, 0.717) is 17.1 Å². The SMILES string of the molecule is CC(CCCO)Nc1cc2c(cc1N)OCC(=O)N2. The maximum absolute atomic E-state index is 11.3. The smallest absolute Gasteiger partial charge is 0.262 e. The summed E-state index contributed by atoms with van der Waals surface area (Å²) in [7, 11) is 0. The molecular formula is C13H19N3O3. The molecule has 1 aliphatic heterocycles. The van der Waals surface area contributed by atoms with Crippen LogP contribution in [-0.2, 0) is 4.79 Å². The Morgan fingerprint density at radius 2 is 2.37 bits per heavy atom. The van der Waals surface area contributed by atoms with Crippen LogP contribution >= 0.6 is 0 Å². The molecule has 104 valence electrons. The van der Waals surface area contributed by atoms with E-state index >= 15 is 0 Å². The van der Waals surface area contributed by atoms with Crippen LogP contribution in [0.25, 0.3) is 0 Å². The minimum Gasteiger partial charge on any atom is -0.482 e. The number of hydrogen-bond donors (Lipinski definition) is 4. The van der Waals surface area contributed by atoms with Crippen LogP contribution < -0.4 is 21.1 Å². The van der Waals surface area contributed by atoms with Gasteiger partial charge in [0.1, 0.15) is 5.75 Å². The Hall–Kier alpha value is -1.95. The van der Waals surface area contributed by atoms with E-state index in [1.165, 1.54) is 0 Å². The first kappa shape index (κ1) is 13.5. The summed E-state index contributed by atoms with van der Waals surface area (Å²) in [5.41, 5.74) is 7.91. The molecule has 6 heteroatoms. The highest BCUT2D eigenvalue weighted by atomic mass is 16.5. The molecule has 1 unspecified atom stereocenters. The Morgan fingerprint density at radius 3 is 3.11 bits per heavy atom. The highest BCUT2D eigenvalue weighted by Gasteiger charge is 2.18. The Labute approximate surface area is 111 Å². The first-order chi connectivity index (χ1) is 9.10. The topological polar surface area (TPSA) is 96.6 Å². The third kappa shape index (κ3) is 3.29. The zero-order valence-corrected chi connectivity index (χ0v) is 10.9. The molecular weight excluding hydrogens is 246 g/mol. The summed E-state index contributed by atoms with van der Waals surface area (Å²) in [5.74, 6) is 0.419. The standard InChI is InChI=1S/C13H19N3O3/c1-8(3-2-4-17)15-10-6-11-12(5-9(10)14)19-7-13(18)16-11/h5-6,8,15,17H,2-4,7,14H2,1H3,(H,16,18). The number of carbonyl (C=O) groups excluding carboxylic acids is 1. The number of anilines is 3. The maximum atomic E-state index is 11.3. The number of amides is 1. The number of nitrogens with two attached hydrogens (primary N) is 1. The summed E-state index contributed by atoms with van der Waals surface area (Å²) in [5, 5.41) is 14.8. The molecule has 2 rings (SSSR count). The van der Waals surface area contributed by atoms with Gasteiger partial charge in [0.15, 0.2) is 6.61 Å². The van der Waals surface area contributed by atoms with Crippen molar-refractivity contribution in [3.8, 4) is 5.75 Å². The van der Waals surface area contributed by atoms with Crippen LogP contribution in [0.2, 0.25) is 0 Å². The number of carbonyl (C=O) groups is 1. The van der Waals surface area contributed by atoms with Crippen molar-refractivity contribution in [2.45, 2.75) is 25.8 Å². The normalized spacial score (nSPS) is 15.2. The molecule has 1 atom stereocenters. The second kappa shape index (κ2) is 5.79. The molecule has 0 bridgehead atoms. The molecule has 0 aromatic heterocycles. The van der Waals surface area contributed by atoms with Gasteiger partial charge in [-0.3, -0.25) is 4.79 Å². The van der Waals surface area contributed by atoms with Gasteiger partial charge in [-0.2, -0.15) is 0 Å². The van der Waals surface area contributed by atoms with Crippen LogP contribution in [0.4, 0.5) is 17.1 Å². The number of rotatable bonds is 5. The Bertz CT molecular complexity index is 476. The zero-order valence-electron chi connectivity index (χ0n) is 10.9. The van der Waals surface area contributed by atoms with Gasteiger partial charge >= 0.3 is 0 Å². The second-order valence-corrected chi connectivity index (χ2v) is 4.68. The van der Waals surface area contributed by atoms with Gasteiger partial charge in [0.05, 0.1) is 17.1 Å². The molecule has 1 aliphatic rings. The summed E-state index contributed by atoms with van der Waals surface area (Å²) < 4.78 is 5.29. The van der Waals surface area contributed by atoms with Gasteiger partial charge in [0.2, 0.25) is 0 Å². The first-order valence-electron chi connectivity index (χ1n) is 6.33. The number of ether oxygens (including phenoxy) is 1. The molecule has 1 heterocycles. The van der Waals surface area contributed by atoms with Crippen molar-refractivity contribution < 1.29 is 14.6 Å². The summed E-state index contributed by atoms with van der Waals surface area (Å²) in [6.45, 7) is 2.21. The van der Waals surface area contributed by atoms with Gasteiger partial charge in [-0.15, -0.1) is 0 Å². The van der Waals surface area contributed by atoms with Gasteiger partial charge in [-0.1, -0.05) is 0 Å².